The van der Waals surface area contributed by atoms with Crippen LogP contribution in [0.2, 0.25) is 0 Å². The molecule has 2 rings (SSSR count). The van der Waals surface area contributed by atoms with Crippen LogP contribution in [0.4, 0.5) is 0 Å². The molecule has 0 saturated carbocycles. The fourth-order valence-electron chi connectivity index (χ4n) is 3.04. The molecule has 2 aromatic carbocycles. The monoisotopic (exact) mass is 422 g/mol. The number of ether oxygens (including phenoxy) is 3. The largest absolute Gasteiger partial charge is 0.497 e. The van der Waals surface area contributed by atoms with Crippen LogP contribution in [0.25, 0.3) is 6.08 Å². The van der Waals surface area contributed by atoms with E-state index in [0.29, 0.717) is 25.2 Å². The second-order valence-corrected chi connectivity index (χ2v) is 7.31. The zero-order valence-corrected chi connectivity index (χ0v) is 19.0. The molecule has 0 amide bonds. The van der Waals surface area contributed by atoms with Crippen LogP contribution in [0.15, 0.2) is 55.1 Å². The second-order valence-electron chi connectivity index (χ2n) is 7.31. The van der Waals surface area contributed by atoms with Crippen molar-refractivity contribution in [3.63, 3.8) is 0 Å². The summed E-state index contributed by atoms with van der Waals surface area (Å²) in [5, 5.41) is 0. The Kier molecular flexibility index (Phi) is 10.4. The molecule has 4 heteroatoms. The van der Waals surface area contributed by atoms with E-state index in [4.69, 9.17) is 14.2 Å². The summed E-state index contributed by atoms with van der Waals surface area (Å²) in [4.78, 5) is 12.7. The lowest BCUT2D eigenvalue weighted by Crippen LogP contribution is -2.04. The molecular formula is C27H34O4. The summed E-state index contributed by atoms with van der Waals surface area (Å²) >= 11 is 0. The maximum Gasteiger partial charge on any atom is 0.185 e. The Morgan fingerprint density at radius 3 is 2.26 bits per heavy atom. The van der Waals surface area contributed by atoms with E-state index in [1.807, 2.05) is 24.3 Å². The Balaban J connectivity index is 2.34. The number of ketones is 1. The molecule has 4 nitrogen and oxygen atoms in total. The van der Waals surface area contributed by atoms with E-state index in [1.54, 1.807) is 37.5 Å². The van der Waals surface area contributed by atoms with Gasteiger partial charge in [-0.3, -0.25) is 4.79 Å². The SMILES string of the molecule is C=CCc1c(/C=C/C(=O)c2ccc(OC)cc2)cc(OCCCC)cc1OCCCC. The Labute approximate surface area is 186 Å². The number of methoxy groups -OCH3 is 1. The number of allylic oxidation sites excluding steroid dienone is 2. The molecule has 0 aliphatic rings. The van der Waals surface area contributed by atoms with Gasteiger partial charge in [0.05, 0.1) is 20.3 Å². The Bertz CT molecular complexity index is 866. The van der Waals surface area contributed by atoms with Crippen LogP contribution in [-0.2, 0) is 6.42 Å². The van der Waals surface area contributed by atoms with E-state index in [9.17, 15) is 4.79 Å². The lowest BCUT2D eigenvalue weighted by atomic mass is 10.0. The molecule has 0 fully saturated rings. The van der Waals surface area contributed by atoms with Crippen molar-refractivity contribution in [3.8, 4) is 17.2 Å². The molecule has 166 valence electrons. The first kappa shape index (κ1) is 24.3. The van der Waals surface area contributed by atoms with Crippen LogP contribution in [0.3, 0.4) is 0 Å². The molecule has 0 aliphatic heterocycles. The normalized spacial score (nSPS) is 10.8. The van der Waals surface area contributed by atoms with E-state index in [0.717, 1.165) is 54.1 Å². The van der Waals surface area contributed by atoms with Gasteiger partial charge in [0.15, 0.2) is 5.78 Å². The molecular weight excluding hydrogens is 388 g/mol. The van der Waals surface area contributed by atoms with E-state index < -0.39 is 0 Å². The zero-order valence-electron chi connectivity index (χ0n) is 19.0. The molecule has 0 saturated heterocycles. The topological polar surface area (TPSA) is 44.8 Å². The first-order valence-corrected chi connectivity index (χ1v) is 11.0. The van der Waals surface area contributed by atoms with Gasteiger partial charge in [-0.25, -0.2) is 0 Å². The summed E-state index contributed by atoms with van der Waals surface area (Å²) in [7, 11) is 1.60. The molecule has 0 N–H and O–H groups in total. The first-order chi connectivity index (χ1) is 15.1. The van der Waals surface area contributed by atoms with E-state index >= 15 is 0 Å². The van der Waals surface area contributed by atoms with Crippen molar-refractivity contribution < 1.29 is 19.0 Å². The fourth-order valence-corrected chi connectivity index (χ4v) is 3.04. The molecule has 31 heavy (non-hydrogen) atoms. The van der Waals surface area contributed by atoms with Crippen LogP contribution in [0.5, 0.6) is 17.2 Å². The van der Waals surface area contributed by atoms with Crippen molar-refractivity contribution in [2.24, 2.45) is 0 Å². The average Bonchev–Trinajstić information content (AvgIpc) is 2.79. The minimum Gasteiger partial charge on any atom is -0.497 e. The van der Waals surface area contributed by atoms with Crippen molar-refractivity contribution in [1.82, 2.24) is 0 Å². The van der Waals surface area contributed by atoms with Gasteiger partial charge in [0, 0.05) is 17.2 Å². The highest BCUT2D eigenvalue weighted by molar-refractivity contribution is 6.07. The standard InChI is InChI=1S/C27H34O4/c1-5-8-17-30-24-19-22(25(10-7-3)27(20-24)31-18-9-6-2)13-16-26(28)21-11-14-23(29-4)15-12-21/h7,11-16,19-20H,3,5-6,8-10,17-18H2,1-2,4H3/b16-13+. The number of unbranched alkanes of at least 4 members (excludes halogenated alkanes) is 2. The lowest BCUT2D eigenvalue weighted by molar-refractivity contribution is 0.104. The van der Waals surface area contributed by atoms with E-state index in [2.05, 4.69) is 20.4 Å². The third-order valence-electron chi connectivity index (χ3n) is 4.88. The highest BCUT2D eigenvalue weighted by atomic mass is 16.5. The molecule has 2 aromatic rings. The second kappa shape index (κ2) is 13.3. The summed E-state index contributed by atoms with van der Waals surface area (Å²) < 4.78 is 17.2. The molecule has 0 spiro atoms. The van der Waals surface area contributed by atoms with Crippen LogP contribution < -0.4 is 14.2 Å². The Morgan fingerprint density at radius 1 is 0.968 bits per heavy atom. The number of carbonyl (C=O) groups is 1. The Hall–Kier alpha value is -3.01. The molecule has 0 aliphatic carbocycles. The molecule has 0 atom stereocenters. The quantitative estimate of drug-likeness (QED) is 0.147. The number of hydrogen-bond donors (Lipinski definition) is 0. The zero-order chi connectivity index (χ0) is 22.5. The lowest BCUT2D eigenvalue weighted by Gasteiger charge is -2.16. The fraction of sp³-hybridized carbons (Fsp3) is 0.370. The van der Waals surface area contributed by atoms with Crippen molar-refractivity contribution in [2.75, 3.05) is 20.3 Å². The van der Waals surface area contributed by atoms with Crippen molar-refractivity contribution in [1.29, 1.82) is 0 Å². The molecule has 0 heterocycles. The van der Waals surface area contributed by atoms with Crippen molar-refractivity contribution in [3.05, 3.63) is 71.8 Å². The van der Waals surface area contributed by atoms with Crippen LogP contribution >= 0.6 is 0 Å². The maximum atomic E-state index is 12.7. The summed E-state index contributed by atoms with van der Waals surface area (Å²) in [5.41, 5.74) is 2.52. The van der Waals surface area contributed by atoms with Gasteiger partial charge in [-0.2, -0.15) is 0 Å². The first-order valence-electron chi connectivity index (χ1n) is 11.0. The molecule has 0 radical (unpaired) electrons. The maximum absolute atomic E-state index is 12.7. The smallest absolute Gasteiger partial charge is 0.185 e. The van der Waals surface area contributed by atoms with Crippen LogP contribution in [-0.4, -0.2) is 26.1 Å². The predicted molar refractivity (Wildman–Crippen MR) is 128 cm³/mol. The summed E-state index contributed by atoms with van der Waals surface area (Å²) in [6.45, 7) is 9.46. The minimum absolute atomic E-state index is 0.0713. The van der Waals surface area contributed by atoms with Gasteiger partial charge < -0.3 is 14.2 Å². The average molecular weight is 423 g/mol. The highest BCUT2D eigenvalue weighted by Gasteiger charge is 2.12. The Morgan fingerprint density at radius 2 is 1.65 bits per heavy atom. The van der Waals surface area contributed by atoms with Gasteiger partial charge in [0.2, 0.25) is 0 Å². The highest BCUT2D eigenvalue weighted by Crippen LogP contribution is 2.31. The molecule has 0 aromatic heterocycles. The third-order valence-corrected chi connectivity index (χ3v) is 4.88. The summed E-state index contributed by atoms with van der Waals surface area (Å²) in [5.74, 6) is 2.20. The molecule has 0 unspecified atom stereocenters. The number of carbonyl (C=O) groups excluding carboxylic acids is 1. The predicted octanol–water partition coefficient (Wildman–Crippen LogP) is 6.68. The van der Waals surface area contributed by atoms with Gasteiger partial charge >= 0.3 is 0 Å². The van der Waals surface area contributed by atoms with Gasteiger partial charge in [0.1, 0.15) is 17.2 Å². The van der Waals surface area contributed by atoms with Crippen LogP contribution in [0, 0.1) is 0 Å². The number of benzene rings is 2. The van der Waals surface area contributed by atoms with Gasteiger partial charge in [-0.05, 0) is 61.2 Å². The van der Waals surface area contributed by atoms with Crippen molar-refractivity contribution >= 4 is 11.9 Å². The number of rotatable bonds is 14. The minimum atomic E-state index is -0.0713. The van der Waals surface area contributed by atoms with E-state index in [1.165, 1.54) is 0 Å². The van der Waals surface area contributed by atoms with Crippen LogP contribution in [0.1, 0.15) is 61.0 Å². The summed E-state index contributed by atoms with van der Waals surface area (Å²) in [6, 6.07) is 11.0. The third kappa shape index (κ3) is 7.63. The summed E-state index contributed by atoms with van der Waals surface area (Å²) in [6.07, 6.45) is 10.0. The number of hydrogen-bond acceptors (Lipinski definition) is 4. The van der Waals surface area contributed by atoms with Gasteiger partial charge in [-0.1, -0.05) is 38.8 Å². The molecule has 0 bridgehead atoms. The van der Waals surface area contributed by atoms with Gasteiger partial charge in [-0.15, -0.1) is 6.58 Å². The van der Waals surface area contributed by atoms with Crippen molar-refractivity contribution in [2.45, 2.75) is 46.0 Å². The van der Waals surface area contributed by atoms with Gasteiger partial charge in [0.25, 0.3) is 0 Å². The van der Waals surface area contributed by atoms with E-state index in [-0.39, 0.29) is 5.78 Å².